The summed E-state index contributed by atoms with van der Waals surface area (Å²) in [6.45, 7) is 0. The quantitative estimate of drug-likeness (QED) is 0.597. The molecule has 1 saturated carbocycles. The van der Waals surface area contributed by atoms with Crippen LogP contribution in [0.3, 0.4) is 0 Å². The predicted octanol–water partition coefficient (Wildman–Crippen LogP) is 3.54. The molecule has 0 unspecified atom stereocenters. The van der Waals surface area contributed by atoms with Crippen molar-refractivity contribution in [1.29, 1.82) is 0 Å². The number of hydrogen-bond donors (Lipinski definition) is 0. The molecule has 1 aliphatic heterocycles. The van der Waals surface area contributed by atoms with Crippen LogP contribution in [0.15, 0.2) is 54.6 Å². The minimum Gasteiger partial charge on any atom is -0.274 e. The van der Waals surface area contributed by atoms with Crippen molar-refractivity contribution in [1.82, 2.24) is 0 Å². The summed E-state index contributed by atoms with van der Waals surface area (Å²) >= 11 is 0. The summed E-state index contributed by atoms with van der Waals surface area (Å²) in [5, 5.41) is 2.03. The van der Waals surface area contributed by atoms with E-state index in [2.05, 4.69) is 12.2 Å². The highest BCUT2D eigenvalue weighted by molar-refractivity contribution is 6.25. The first kappa shape index (κ1) is 13.1. The van der Waals surface area contributed by atoms with E-state index in [9.17, 15) is 9.59 Å². The first-order valence-corrected chi connectivity index (χ1v) is 8.29. The molecule has 3 aliphatic carbocycles. The van der Waals surface area contributed by atoms with Gasteiger partial charge in [-0.15, -0.1) is 0 Å². The second-order valence-corrected chi connectivity index (χ2v) is 6.85. The van der Waals surface area contributed by atoms with Gasteiger partial charge in [-0.1, -0.05) is 48.6 Å². The number of imide groups is 1. The van der Waals surface area contributed by atoms with Crippen molar-refractivity contribution in [3.8, 4) is 0 Å². The van der Waals surface area contributed by atoms with Gasteiger partial charge in [0.25, 0.3) is 0 Å². The lowest BCUT2D eigenvalue weighted by atomic mass is 9.63. The molecule has 0 N–H and O–H groups in total. The SMILES string of the molecule is O=C1[C@@H]2[C@H](C(=O)N1c1cccc3ccccc13)[C@@H]1C=C[C@H]2CC1. The predicted molar refractivity (Wildman–Crippen MR) is 88.8 cm³/mol. The fourth-order valence-electron chi connectivity index (χ4n) is 4.71. The number of amides is 2. The van der Waals surface area contributed by atoms with E-state index in [4.69, 9.17) is 0 Å². The summed E-state index contributed by atoms with van der Waals surface area (Å²) in [7, 11) is 0. The second-order valence-electron chi connectivity index (χ2n) is 6.85. The molecule has 1 saturated heterocycles. The topological polar surface area (TPSA) is 37.4 Å². The van der Waals surface area contributed by atoms with Crippen LogP contribution in [-0.4, -0.2) is 11.8 Å². The zero-order valence-corrected chi connectivity index (χ0v) is 12.7. The van der Waals surface area contributed by atoms with Crippen LogP contribution in [-0.2, 0) is 9.59 Å². The smallest absolute Gasteiger partial charge is 0.238 e. The van der Waals surface area contributed by atoms with E-state index >= 15 is 0 Å². The highest BCUT2D eigenvalue weighted by atomic mass is 16.2. The Morgan fingerprint density at radius 2 is 1.39 bits per heavy atom. The van der Waals surface area contributed by atoms with Crippen molar-refractivity contribution < 1.29 is 9.59 Å². The summed E-state index contributed by atoms with van der Waals surface area (Å²) in [6, 6.07) is 13.8. The number of hydrogen-bond acceptors (Lipinski definition) is 2. The molecule has 114 valence electrons. The van der Waals surface area contributed by atoms with Crippen molar-refractivity contribution in [2.45, 2.75) is 12.8 Å². The van der Waals surface area contributed by atoms with Gasteiger partial charge in [-0.2, -0.15) is 0 Å². The fourth-order valence-corrected chi connectivity index (χ4v) is 4.71. The van der Waals surface area contributed by atoms with Gasteiger partial charge in [0.15, 0.2) is 0 Å². The zero-order chi connectivity index (χ0) is 15.6. The van der Waals surface area contributed by atoms with Gasteiger partial charge in [-0.3, -0.25) is 9.59 Å². The van der Waals surface area contributed by atoms with E-state index in [1.54, 1.807) is 0 Å². The molecule has 2 amide bonds. The number of carbonyl (C=O) groups is 2. The van der Waals surface area contributed by atoms with Crippen LogP contribution in [0.25, 0.3) is 10.8 Å². The number of allylic oxidation sites excluding steroid dienone is 2. The lowest BCUT2D eigenvalue weighted by molar-refractivity contribution is -0.124. The molecule has 0 spiro atoms. The minimum atomic E-state index is -0.148. The molecule has 6 rings (SSSR count). The maximum atomic E-state index is 13.1. The third-order valence-corrected chi connectivity index (χ3v) is 5.77. The van der Waals surface area contributed by atoms with E-state index in [0.717, 1.165) is 29.3 Å². The molecule has 2 aromatic carbocycles. The molecule has 4 atom stereocenters. The summed E-state index contributed by atoms with van der Waals surface area (Å²) < 4.78 is 0. The minimum absolute atomic E-state index is 0.00426. The number of fused-ring (bicyclic) bond motifs is 2. The average Bonchev–Trinajstić information content (AvgIpc) is 2.89. The Morgan fingerprint density at radius 3 is 2.04 bits per heavy atom. The van der Waals surface area contributed by atoms with E-state index < -0.39 is 0 Å². The molecule has 2 bridgehead atoms. The van der Waals surface area contributed by atoms with Crippen molar-refractivity contribution in [2.24, 2.45) is 23.7 Å². The van der Waals surface area contributed by atoms with Crippen LogP contribution in [0.5, 0.6) is 0 Å². The fraction of sp³-hybridized carbons (Fsp3) is 0.300. The maximum Gasteiger partial charge on any atom is 0.238 e. The number of carbonyl (C=O) groups excluding carboxylic acids is 2. The van der Waals surface area contributed by atoms with Gasteiger partial charge in [0.2, 0.25) is 11.8 Å². The van der Waals surface area contributed by atoms with Gasteiger partial charge < -0.3 is 0 Å². The standard InChI is InChI=1S/C20H17NO2/c22-19-17-13-8-9-14(11-10-13)18(17)20(23)21(19)16-7-3-5-12-4-1-2-6-15(12)16/h1-9,13-14,17-18H,10-11H2/t13-,14+,17-,18+. The highest BCUT2D eigenvalue weighted by Gasteiger charge is 2.57. The molecule has 0 radical (unpaired) electrons. The molecular formula is C20H17NO2. The average molecular weight is 303 g/mol. The summed E-state index contributed by atoms with van der Waals surface area (Å²) in [5.74, 6) is 0.170. The van der Waals surface area contributed by atoms with Gasteiger partial charge in [0.1, 0.15) is 0 Å². The Bertz CT molecular complexity index is 832. The van der Waals surface area contributed by atoms with Crippen LogP contribution in [0.4, 0.5) is 5.69 Å². The summed E-state index contributed by atoms with van der Waals surface area (Å²) in [4.78, 5) is 27.6. The van der Waals surface area contributed by atoms with Gasteiger partial charge in [0, 0.05) is 5.39 Å². The molecule has 3 heteroatoms. The van der Waals surface area contributed by atoms with Crippen molar-refractivity contribution in [3.05, 3.63) is 54.6 Å². The van der Waals surface area contributed by atoms with Gasteiger partial charge >= 0.3 is 0 Å². The van der Waals surface area contributed by atoms with Crippen LogP contribution in [0.2, 0.25) is 0 Å². The van der Waals surface area contributed by atoms with Gasteiger partial charge in [0.05, 0.1) is 17.5 Å². The normalized spacial score (nSPS) is 31.9. The molecule has 4 aliphatic rings. The lowest BCUT2D eigenvalue weighted by Crippen LogP contribution is -2.38. The van der Waals surface area contributed by atoms with Crippen LogP contribution < -0.4 is 4.90 Å². The van der Waals surface area contributed by atoms with Crippen molar-refractivity contribution in [2.75, 3.05) is 4.90 Å². The zero-order valence-electron chi connectivity index (χ0n) is 12.7. The third kappa shape index (κ3) is 1.65. The van der Waals surface area contributed by atoms with Crippen molar-refractivity contribution >= 4 is 28.3 Å². The van der Waals surface area contributed by atoms with Gasteiger partial charge in [-0.05, 0) is 36.1 Å². The molecule has 1 heterocycles. The van der Waals surface area contributed by atoms with Crippen molar-refractivity contribution in [3.63, 3.8) is 0 Å². The van der Waals surface area contributed by atoms with Crippen LogP contribution >= 0.6 is 0 Å². The van der Waals surface area contributed by atoms with Crippen LogP contribution in [0.1, 0.15) is 12.8 Å². The molecule has 2 fully saturated rings. The second kappa shape index (κ2) is 4.54. The molecule has 0 aromatic heterocycles. The van der Waals surface area contributed by atoms with E-state index in [1.807, 2.05) is 42.5 Å². The largest absolute Gasteiger partial charge is 0.274 e. The summed E-state index contributed by atoms with van der Waals surface area (Å²) in [6.07, 6.45) is 6.38. The molecule has 2 aromatic rings. The van der Waals surface area contributed by atoms with E-state index in [1.165, 1.54) is 4.90 Å². The first-order valence-electron chi connectivity index (χ1n) is 8.29. The molecular weight excluding hydrogens is 286 g/mol. The van der Waals surface area contributed by atoms with Crippen LogP contribution in [0, 0.1) is 23.7 Å². The number of anilines is 1. The lowest BCUT2D eigenvalue weighted by Gasteiger charge is -2.38. The first-order chi connectivity index (χ1) is 11.3. The van der Waals surface area contributed by atoms with E-state index in [0.29, 0.717) is 0 Å². The monoisotopic (exact) mass is 303 g/mol. The number of nitrogens with zero attached hydrogens (tertiary/aromatic N) is 1. The Morgan fingerprint density at radius 1 is 0.783 bits per heavy atom. The number of rotatable bonds is 1. The Kier molecular flexibility index (Phi) is 2.58. The van der Waals surface area contributed by atoms with E-state index in [-0.39, 0.29) is 35.5 Å². The summed E-state index contributed by atoms with van der Waals surface area (Å²) in [5.41, 5.74) is 0.743. The number of benzene rings is 2. The van der Waals surface area contributed by atoms with Gasteiger partial charge in [-0.25, -0.2) is 4.90 Å². The highest BCUT2D eigenvalue weighted by Crippen LogP contribution is 2.50. The Hall–Kier alpha value is -2.42. The third-order valence-electron chi connectivity index (χ3n) is 5.77. The molecule has 23 heavy (non-hydrogen) atoms. The Labute approximate surface area is 134 Å². The maximum absolute atomic E-state index is 13.1. The molecule has 3 nitrogen and oxygen atoms in total. The Balaban J connectivity index is 1.67.